The lowest BCUT2D eigenvalue weighted by molar-refractivity contribution is -0.165. The number of fused-ring (bicyclic) bond motifs is 1. The Bertz CT molecular complexity index is 1530. The average molecular weight is 519 g/mol. The van der Waals surface area contributed by atoms with Crippen LogP contribution in [0.15, 0.2) is 35.2 Å². The van der Waals surface area contributed by atoms with E-state index in [0.29, 0.717) is 16.6 Å². The van der Waals surface area contributed by atoms with Crippen LogP contribution in [-0.4, -0.2) is 31.9 Å². The Morgan fingerprint density at radius 2 is 1.81 bits per heavy atom. The van der Waals surface area contributed by atoms with Gasteiger partial charge in [-0.25, -0.2) is 23.5 Å². The zero-order valence-corrected chi connectivity index (χ0v) is 18.9. The summed E-state index contributed by atoms with van der Waals surface area (Å²) in [6.07, 6.45) is 0.0853. The topological polar surface area (TPSA) is 124 Å². The van der Waals surface area contributed by atoms with Crippen molar-refractivity contribution in [3.8, 4) is 11.1 Å². The van der Waals surface area contributed by atoms with Crippen molar-refractivity contribution in [2.75, 3.05) is 16.4 Å². The van der Waals surface area contributed by atoms with Crippen molar-refractivity contribution in [2.24, 2.45) is 0 Å². The molecule has 9 nitrogen and oxygen atoms in total. The Labute approximate surface area is 204 Å². The van der Waals surface area contributed by atoms with Gasteiger partial charge in [-0.15, -0.1) is 0 Å². The van der Waals surface area contributed by atoms with E-state index in [9.17, 15) is 26.7 Å². The minimum Gasteiger partial charge on any atom is -0.383 e. The first-order valence-corrected chi connectivity index (χ1v) is 11.3. The molecule has 0 aliphatic heterocycles. The third-order valence-corrected chi connectivity index (χ3v) is 6.69. The number of nitrogens with zero attached hydrogens (tertiary/aromatic N) is 4. The van der Waals surface area contributed by atoms with Gasteiger partial charge in [0.25, 0.3) is 0 Å². The van der Waals surface area contributed by atoms with Crippen molar-refractivity contribution in [2.45, 2.75) is 43.3 Å². The predicted octanol–water partition coefficient (Wildman–Crippen LogP) is 5.52. The molecule has 0 saturated heterocycles. The smallest absolute Gasteiger partial charge is 0.383 e. The standard InChI is InChI=1S/C23H18F5N7O2/c24-13-5-10(12-8-35(11-1-2-11)20-17(12)19(29)30-9-31-20)6-14(25)18(13)33-21(36)32-16-7-15(37-34-16)22(3-4-22)23(26,27)28/h5-9,11H,1-4H2,(H2,29,30,31)(H2,32,33,34,36). The van der Waals surface area contributed by atoms with Crippen LogP contribution in [0.2, 0.25) is 0 Å². The highest BCUT2D eigenvalue weighted by Gasteiger charge is 2.66. The lowest BCUT2D eigenvalue weighted by Crippen LogP contribution is -2.28. The summed E-state index contributed by atoms with van der Waals surface area (Å²) in [7, 11) is 0. The van der Waals surface area contributed by atoms with E-state index < -0.39 is 40.7 Å². The second-order valence-corrected chi connectivity index (χ2v) is 9.19. The van der Waals surface area contributed by atoms with Crippen molar-refractivity contribution in [3.63, 3.8) is 0 Å². The van der Waals surface area contributed by atoms with Gasteiger partial charge < -0.3 is 20.1 Å². The van der Waals surface area contributed by atoms with Gasteiger partial charge in [0.05, 0.1) is 5.39 Å². The van der Waals surface area contributed by atoms with Crippen LogP contribution in [0.3, 0.4) is 0 Å². The molecular formula is C23H18F5N7O2. The molecule has 3 aromatic heterocycles. The van der Waals surface area contributed by atoms with Crippen molar-refractivity contribution in [1.29, 1.82) is 0 Å². The first kappa shape index (κ1) is 23.2. The molecule has 0 unspecified atom stereocenters. The molecule has 4 aromatic rings. The number of carbonyl (C=O) groups is 1. The Balaban J connectivity index is 1.24. The molecule has 0 atom stereocenters. The van der Waals surface area contributed by atoms with E-state index in [-0.39, 0.29) is 36.1 Å². The summed E-state index contributed by atoms with van der Waals surface area (Å²) in [6, 6.07) is 2.10. The van der Waals surface area contributed by atoms with Gasteiger partial charge in [0.2, 0.25) is 0 Å². The van der Waals surface area contributed by atoms with E-state index in [1.807, 2.05) is 9.88 Å². The van der Waals surface area contributed by atoms with E-state index in [2.05, 4.69) is 20.4 Å². The van der Waals surface area contributed by atoms with Crippen LogP contribution >= 0.6 is 0 Å². The maximum absolute atomic E-state index is 15.0. The number of anilines is 3. The summed E-state index contributed by atoms with van der Waals surface area (Å²) in [5, 5.41) is 8.02. The number of nitrogens with two attached hydrogens (primary N) is 1. The number of carbonyl (C=O) groups excluding carboxylic acids is 1. The van der Waals surface area contributed by atoms with Crippen LogP contribution in [0.1, 0.15) is 37.5 Å². The minimum absolute atomic E-state index is 0.156. The first-order valence-electron chi connectivity index (χ1n) is 11.3. The van der Waals surface area contributed by atoms with Crippen LogP contribution in [-0.2, 0) is 5.41 Å². The van der Waals surface area contributed by atoms with Gasteiger partial charge in [0, 0.05) is 23.9 Å². The molecule has 37 heavy (non-hydrogen) atoms. The predicted molar refractivity (Wildman–Crippen MR) is 122 cm³/mol. The number of rotatable bonds is 5. The minimum atomic E-state index is -4.53. The molecule has 3 heterocycles. The highest BCUT2D eigenvalue weighted by atomic mass is 19.4. The fourth-order valence-electron chi connectivity index (χ4n) is 4.42. The third-order valence-electron chi connectivity index (χ3n) is 6.69. The Hall–Kier alpha value is -4.23. The van der Waals surface area contributed by atoms with Crippen molar-refractivity contribution in [1.82, 2.24) is 19.7 Å². The molecule has 2 saturated carbocycles. The maximum atomic E-state index is 15.0. The second kappa shape index (κ2) is 7.88. The number of halogens is 5. The van der Waals surface area contributed by atoms with Crippen LogP contribution in [0.5, 0.6) is 0 Å². The van der Waals surface area contributed by atoms with Gasteiger partial charge in [-0.2, -0.15) is 13.2 Å². The number of nitrogen functional groups attached to an aromatic ring is 1. The van der Waals surface area contributed by atoms with Crippen LogP contribution < -0.4 is 16.4 Å². The van der Waals surface area contributed by atoms with Gasteiger partial charge in [-0.05, 0) is 43.4 Å². The first-order chi connectivity index (χ1) is 17.6. The Morgan fingerprint density at radius 1 is 1.11 bits per heavy atom. The Kier molecular flexibility index (Phi) is 4.94. The number of alkyl halides is 3. The number of hydrogen-bond acceptors (Lipinski definition) is 6. The zero-order valence-electron chi connectivity index (χ0n) is 18.9. The van der Waals surface area contributed by atoms with Crippen LogP contribution in [0.4, 0.5) is 44.1 Å². The molecule has 2 aliphatic rings. The summed E-state index contributed by atoms with van der Waals surface area (Å²) in [6.45, 7) is 0. The average Bonchev–Trinajstić information content (AvgIpc) is 3.75. The molecule has 1 aromatic carbocycles. The number of urea groups is 1. The third kappa shape index (κ3) is 3.83. The molecular weight excluding hydrogens is 501 g/mol. The summed E-state index contributed by atoms with van der Waals surface area (Å²) < 4.78 is 76.3. The van der Waals surface area contributed by atoms with Crippen molar-refractivity contribution < 1.29 is 31.3 Å². The molecule has 192 valence electrons. The normalized spacial score (nSPS) is 16.7. The molecule has 4 N–H and O–H groups in total. The fraction of sp³-hybridized carbons (Fsp3) is 0.304. The van der Waals surface area contributed by atoms with Gasteiger partial charge in [-0.1, -0.05) is 5.16 Å². The zero-order chi connectivity index (χ0) is 26.1. The van der Waals surface area contributed by atoms with E-state index in [0.717, 1.165) is 31.0 Å². The summed E-state index contributed by atoms with van der Waals surface area (Å²) in [5.41, 5.74) is 4.31. The van der Waals surface area contributed by atoms with Crippen molar-refractivity contribution in [3.05, 3.63) is 48.1 Å². The Morgan fingerprint density at radius 3 is 2.43 bits per heavy atom. The SMILES string of the molecule is Nc1ncnc2c1c(-c1cc(F)c(NC(=O)Nc3cc(C4(C(F)(F)F)CC4)on3)c(F)c1)cn2C1CC1. The summed E-state index contributed by atoms with van der Waals surface area (Å²) in [4.78, 5) is 20.6. The van der Waals surface area contributed by atoms with Crippen molar-refractivity contribution >= 4 is 34.4 Å². The number of benzene rings is 1. The lowest BCUT2D eigenvalue weighted by Gasteiger charge is -2.15. The van der Waals surface area contributed by atoms with E-state index in [1.165, 1.54) is 6.33 Å². The molecule has 0 spiro atoms. The molecule has 2 amide bonds. The summed E-state index contributed by atoms with van der Waals surface area (Å²) >= 11 is 0. The number of hydrogen-bond donors (Lipinski definition) is 3. The molecule has 2 fully saturated rings. The summed E-state index contributed by atoms with van der Waals surface area (Å²) in [5.74, 6) is -2.77. The molecule has 14 heteroatoms. The molecule has 0 radical (unpaired) electrons. The second-order valence-electron chi connectivity index (χ2n) is 9.19. The highest BCUT2D eigenvalue weighted by Crippen LogP contribution is 2.59. The fourth-order valence-corrected chi connectivity index (χ4v) is 4.42. The molecule has 0 bridgehead atoms. The van der Waals surface area contributed by atoms with Crippen LogP contribution in [0.25, 0.3) is 22.2 Å². The monoisotopic (exact) mass is 519 g/mol. The largest absolute Gasteiger partial charge is 0.401 e. The maximum Gasteiger partial charge on any atom is 0.401 e. The molecule has 2 aliphatic carbocycles. The van der Waals surface area contributed by atoms with E-state index >= 15 is 0 Å². The number of aromatic nitrogens is 4. The van der Waals surface area contributed by atoms with Crippen LogP contribution in [0, 0.1) is 11.6 Å². The highest BCUT2D eigenvalue weighted by molar-refractivity contribution is 6.02. The molecule has 6 rings (SSSR count). The van der Waals surface area contributed by atoms with E-state index in [1.54, 1.807) is 6.20 Å². The number of amides is 2. The number of nitrogens with one attached hydrogen (secondary N) is 2. The quantitative estimate of drug-likeness (QED) is 0.298. The van der Waals surface area contributed by atoms with E-state index in [4.69, 9.17) is 10.3 Å². The van der Waals surface area contributed by atoms with Gasteiger partial charge in [0.15, 0.2) is 11.6 Å². The van der Waals surface area contributed by atoms with Gasteiger partial charge in [-0.3, -0.25) is 5.32 Å². The van der Waals surface area contributed by atoms with Gasteiger partial charge in [0.1, 0.15) is 40.5 Å². The lowest BCUT2D eigenvalue weighted by atomic mass is 10.0. The van der Waals surface area contributed by atoms with Gasteiger partial charge >= 0.3 is 12.2 Å².